The maximum atomic E-state index is 11.5. The molecule has 16 heavy (non-hydrogen) atoms. The van der Waals surface area contributed by atoms with Gasteiger partial charge in [-0.05, 0) is 18.6 Å². The molecule has 2 nitrogen and oxygen atoms in total. The molecule has 0 aromatic heterocycles. The van der Waals surface area contributed by atoms with E-state index in [1.165, 1.54) is 6.92 Å². The largest absolute Gasteiger partial charge is 0.311 e. The van der Waals surface area contributed by atoms with E-state index >= 15 is 0 Å². The Labute approximate surface area is 96.6 Å². The van der Waals surface area contributed by atoms with Gasteiger partial charge in [0.05, 0.1) is 5.69 Å². The fraction of sp³-hybridized carbons (Fsp3) is 0.214. The SMILES string of the molecule is C#Cc1ccccc1N(CCC=C)C(C)=O. The molecule has 0 radical (unpaired) electrons. The minimum Gasteiger partial charge on any atom is -0.311 e. The van der Waals surface area contributed by atoms with Crippen molar-refractivity contribution in [2.24, 2.45) is 0 Å². The molecule has 0 aliphatic heterocycles. The molecule has 0 heterocycles. The zero-order chi connectivity index (χ0) is 12.0. The van der Waals surface area contributed by atoms with Gasteiger partial charge < -0.3 is 4.90 Å². The number of hydrogen-bond donors (Lipinski definition) is 0. The zero-order valence-electron chi connectivity index (χ0n) is 9.44. The topological polar surface area (TPSA) is 20.3 Å². The van der Waals surface area contributed by atoms with E-state index in [4.69, 9.17) is 6.42 Å². The van der Waals surface area contributed by atoms with Crippen molar-refractivity contribution in [2.45, 2.75) is 13.3 Å². The Balaban J connectivity index is 3.06. The summed E-state index contributed by atoms with van der Waals surface area (Å²) in [4.78, 5) is 13.2. The third-order valence-corrected chi connectivity index (χ3v) is 2.29. The molecular weight excluding hydrogens is 198 g/mol. The summed E-state index contributed by atoms with van der Waals surface area (Å²) < 4.78 is 0. The van der Waals surface area contributed by atoms with Crippen LogP contribution in [0.4, 0.5) is 5.69 Å². The molecule has 0 aliphatic rings. The number of rotatable bonds is 4. The molecule has 0 spiro atoms. The molecule has 1 aromatic carbocycles. The Morgan fingerprint density at radius 1 is 1.56 bits per heavy atom. The van der Waals surface area contributed by atoms with Crippen molar-refractivity contribution in [3.05, 3.63) is 42.5 Å². The van der Waals surface area contributed by atoms with Gasteiger partial charge in [0.2, 0.25) is 5.91 Å². The van der Waals surface area contributed by atoms with Crippen LogP contribution >= 0.6 is 0 Å². The highest BCUT2D eigenvalue weighted by molar-refractivity contribution is 5.93. The van der Waals surface area contributed by atoms with E-state index in [9.17, 15) is 4.79 Å². The van der Waals surface area contributed by atoms with Crippen molar-refractivity contribution in [2.75, 3.05) is 11.4 Å². The van der Waals surface area contributed by atoms with Gasteiger partial charge in [0.1, 0.15) is 0 Å². The van der Waals surface area contributed by atoms with Crippen LogP contribution in [0.5, 0.6) is 0 Å². The summed E-state index contributed by atoms with van der Waals surface area (Å²) in [5, 5.41) is 0. The van der Waals surface area contributed by atoms with Crippen LogP contribution in [-0.2, 0) is 4.79 Å². The van der Waals surface area contributed by atoms with Gasteiger partial charge in [0.15, 0.2) is 0 Å². The molecule has 0 atom stereocenters. The number of carbonyl (C=O) groups is 1. The number of hydrogen-bond acceptors (Lipinski definition) is 1. The first-order valence-electron chi connectivity index (χ1n) is 5.15. The fourth-order valence-corrected chi connectivity index (χ4v) is 1.50. The van der Waals surface area contributed by atoms with E-state index in [0.29, 0.717) is 6.54 Å². The quantitative estimate of drug-likeness (QED) is 0.556. The smallest absolute Gasteiger partial charge is 0.223 e. The van der Waals surface area contributed by atoms with Crippen LogP contribution in [0.2, 0.25) is 0 Å². The number of amides is 1. The van der Waals surface area contributed by atoms with Crippen molar-refractivity contribution in [1.82, 2.24) is 0 Å². The number of anilines is 1. The lowest BCUT2D eigenvalue weighted by Crippen LogP contribution is -2.29. The van der Waals surface area contributed by atoms with Crippen LogP contribution in [-0.4, -0.2) is 12.5 Å². The first-order valence-corrected chi connectivity index (χ1v) is 5.15. The Morgan fingerprint density at radius 2 is 2.25 bits per heavy atom. The molecule has 82 valence electrons. The predicted octanol–water partition coefficient (Wildman–Crippen LogP) is 2.60. The zero-order valence-corrected chi connectivity index (χ0v) is 9.44. The van der Waals surface area contributed by atoms with Crippen molar-refractivity contribution in [3.8, 4) is 12.3 Å². The molecule has 0 saturated heterocycles. The Hall–Kier alpha value is -2.01. The molecule has 0 aliphatic carbocycles. The Kier molecular flexibility index (Phi) is 4.35. The van der Waals surface area contributed by atoms with Crippen molar-refractivity contribution in [3.63, 3.8) is 0 Å². The average molecular weight is 213 g/mol. The lowest BCUT2D eigenvalue weighted by atomic mass is 10.1. The summed E-state index contributed by atoms with van der Waals surface area (Å²) >= 11 is 0. The van der Waals surface area contributed by atoms with Gasteiger partial charge in [-0.3, -0.25) is 4.79 Å². The number of carbonyl (C=O) groups excluding carboxylic acids is 1. The molecule has 0 fully saturated rings. The van der Waals surface area contributed by atoms with E-state index in [0.717, 1.165) is 17.7 Å². The monoisotopic (exact) mass is 213 g/mol. The van der Waals surface area contributed by atoms with Crippen LogP contribution in [0, 0.1) is 12.3 Å². The van der Waals surface area contributed by atoms with Crippen LogP contribution in [0.15, 0.2) is 36.9 Å². The number of nitrogens with zero attached hydrogens (tertiary/aromatic N) is 1. The molecule has 0 unspecified atom stereocenters. The third kappa shape index (κ3) is 2.74. The highest BCUT2D eigenvalue weighted by Crippen LogP contribution is 2.19. The Bertz CT molecular complexity index is 429. The van der Waals surface area contributed by atoms with Gasteiger partial charge in [-0.15, -0.1) is 13.0 Å². The molecule has 0 N–H and O–H groups in total. The van der Waals surface area contributed by atoms with Crippen molar-refractivity contribution >= 4 is 11.6 Å². The lowest BCUT2D eigenvalue weighted by Gasteiger charge is -2.21. The van der Waals surface area contributed by atoms with Crippen LogP contribution in [0.25, 0.3) is 0 Å². The second kappa shape index (κ2) is 5.77. The van der Waals surface area contributed by atoms with E-state index in [1.807, 2.05) is 24.3 Å². The van der Waals surface area contributed by atoms with Crippen LogP contribution in [0.1, 0.15) is 18.9 Å². The van der Waals surface area contributed by atoms with Gasteiger partial charge >= 0.3 is 0 Å². The van der Waals surface area contributed by atoms with Crippen LogP contribution < -0.4 is 4.90 Å². The molecule has 1 rings (SSSR count). The van der Waals surface area contributed by atoms with Crippen molar-refractivity contribution < 1.29 is 4.79 Å². The van der Waals surface area contributed by atoms with E-state index in [-0.39, 0.29) is 5.91 Å². The molecule has 2 heteroatoms. The first-order chi connectivity index (χ1) is 7.70. The van der Waals surface area contributed by atoms with Gasteiger partial charge in [-0.1, -0.05) is 24.1 Å². The number of terminal acetylenes is 1. The third-order valence-electron chi connectivity index (χ3n) is 2.29. The molecular formula is C14H15NO. The molecule has 0 saturated carbocycles. The average Bonchev–Trinajstić information content (AvgIpc) is 2.29. The number of benzene rings is 1. The minimum atomic E-state index is -0.00968. The second-order valence-corrected chi connectivity index (χ2v) is 3.41. The summed E-state index contributed by atoms with van der Waals surface area (Å²) in [6.45, 7) is 5.80. The summed E-state index contributed by atoms with van der Waals surface area (Å²) in [6, 6.07) is 7.43. The molecule has 0 bridgehead atoms. The van der Waals surface area contributed by atoms with Crippen molar-refractivity contribution in [1.29, 1.82) is 0 Å². The number of para-hydroxylation sites is 1. The minimum absolute atomic E-state index is 0.00968. The first kappa shape index (κ1) is 12.1. The summed E-state index contributed by atoms with van der Waals surface area (Å²) in [5.74, 6) is 2.58. The van der Waals surface area contributed by atoms with Gasteiger partial charge in [-0.2, -0.15) is 0 Å². The lowest BCUT2D eigenvalue weighted by molar-refractivity contribution is -0.116. The summed E-state index contributed by atoms with van der Waals surface area (Å²) in [6.07, 6.45) is 7.94. The van der Waals surface area contributed by atoms with Gasteiger partial charge in [0.25, 0.3) is 0 Å². The summed E-state index contributed by atoms with van der Waals surface area (Å²) in [7, 11) is 0. The van der Waals surface area contributed by atoms with Gasteiger partial charge in [-0.25, -0.2) is 0 Å². The van der Waals surface area contributed by atoms with E-state index in [1.54, 1.807) is 11.0 Å². The standard InChI is InChI=1S/C14H15NO/c1-4-6-11-15(12(3)16)14-10-8-7-9-13(14)5-2/h2,4,7-10H,1,6,11H2,3H3. The van der Waals surface area contributed by atoms with Crippen LogP contribution in [0.3, 0.4) is 0 Å². The van der Waals surface area contributed by atoms with E-state index in [2.05, 4.69) is 12.5 Å². The maximum Gasteiger partial charge on any atom is 0.223 e. The maximum absolute atomic E-state index is 11.5. The fourth-order valence-electron chi connectivity index (χ4n) is 1.50. The highest BCUT2D eigenvalue weighted by atomic mass is 16.2. The predicted molar refractivity (Wildman–Crippen MR) is 67.2 cm³/mol. The molecule has 1 aromatic rings. The Morgan fingerprint density at radius 3 is 2.81 bits per heavy atom. The molecule has 1 amide bonds. The van der Waals surface area contributed by atoms with Gasteiger partial charge in [0, 0.05) is 19.0 Å². The normalized spacial score (nSPS) is 9.25. The summed E-state index contributed by atoms with van der Waals surface area (Å²) in [5.41, 5.74) is 1.53. The van der Waals surface area contributed by atoms with E-state index < -0.39 is 0 Å². The second-order valence-electron chi connectivity index (χ2n) is 3.41. The highest BCUT2D eigenvalue weighted by Gasteiger charge is 2.12.